The zero-order valence-corrected chi connectivity index (χ0v) is 21.8. The quantitative estimate of drug-likeness (QED) is 0.320. The normalized spacial score (nSPS) is 12.5. The summed E-state index contributed by atoms with van der Waals surface area (Å²) in [6.07, 6.45) is 2.19. The molecule has 2 aromatic rings. The monoisotopic (exact) mass is 468 g/mol. The highest BCUT2D eigenvalue weighted by molar-refractivity contribution is 5.92. The Bertz CT molecular complexity index is 848. The van der Waals surface area contributed by atoms with Gasteiger partial charge >= 0.3 is 5.97 Å². The summed E-state index contributed by atoms with van der Waals surface area (Å²) in [7, 11) is 0. The number of benzene rings is 2. The molecule has 0 spiro atoms. The van der Waals surface area contributed by atoms with Crippen molar-refractivity contribution in [3.05, 3.63) is 54.1 Å². The number of ether oxygens (including phenoxy) is 1. The predicted octanol–water partition coefficient (Wildman–Crippen LogP) is 6.15. The predicted molar refractivity (Wildman–Crippen MR) is 142 cm³/mol. The molecule has 5 nitrogen and oxygen atoms in total. The maximum absolute atomic E-state index is 12.0. The second-order valence-corrected chi connectivity index (χ2v) is 8.95. The van der Waals surface area contributed by atoms with Gasteiger partial charge in [0, 0.05) is 25.6 Å². The minimum atomic E-state index is -0.957. The third kappa shape index (κ3) is 8.14. The van der Waals surface area contributed by atoms with Gasteiger partial charge in [0.2, 0.25) is 0 Å². The van der Waals surface area contributed by atoms with Gasteiger partial charge in [0.15, 0.2) is 0 Å². The van der Waals surface area contributed by atoms with E-state index < -0.39 is 5.97 Å². The molecule has 0 unspecified atom stereocenters. The molecule has 0 aliphatic rings. The first-order valence-electron chi connectivity index (χ1n) is 13.0. The number of carbonyl (C=O) groups is 1. The molecule has 0 aromatic heterocycles. The van der Waals surface area contributed by atoms with E-state index in [-0.39, 0.29) is 5.56 Å². The number of likely N-dealkylation sites (N-methyl/N-ethyl adjacent to an activating group) is 2. The lowest BCUT2D eigenvalue weighted by Crippen LogP contribution is -2.40. The van der Waals surface area contributed by atoms with Gasteiger partial charge in [-0.25, -0.2) is 4.79 Å². The molecule has 1 atom stereocenters. The molecule has 2 rings (SSSR count). The van der Waals surface area contributed by atoms with Crippen molar-refractivity contribution in [1.82, 2.24) is 9.80 Å². The summed E-state index contributed by atoms with van der Waals surface area (Å²) in [4.78, 5) is 17.0. The van der Waals surface area contributed by atoms with Gasteiger partial charge in [-0.15, -0.1) is 0 Å². The molecule has 2 aromatic carbocycles. The van der Waals surface area contributed by atoms with Crippen LogP contribution in [0.5, 0.6) is 5.75 Å². The van der Waals surface area contributed by atoms with Gasteiger partial charge in [0.1, 0.15) is 11.3 Å². The Morgan fingerprint density at radius 2 is 1.44 bits per heavy atom. The molecule has 0 radical (unpaired) electrons. The Morgan fingerprint density at radius 1 is 0.824 bits per heavy atom. The number of aromatic carboxylic acids is 1. The van der Waals surface area contributed by atoms with Crippen LogP contribution in [0.1, 0.15) is 57.8 Å². The van der Waals surface area contributed by atoms with E-state index in [0.29, 0.717) is 24.2 Å². The highest BCUT2D eigenvalue weighted by Crippen LogP contribution is 2.29. The van der Waals surface area contributed by atoms with Crippen LogP contribution in [0.2, 0.25) is 0 Å². The van der Waals surface area contributed by atoms with E-state index in [1.165, 1.54) is 0 Å². The van der Waals surface area contributed by atoms with E-state index in [1.807, 2.05) is 42.5 Å². The summed E-state index contributed by atoms with van der Waals surface area (Å²) < 4.78 is 6.23. The fraction of sp³-hybridized carbons (Fsp3) is 0.552. The highest BCUT2D eigenvalue weighted by Gasteiger charge is 2.23. The Balaban J connectivity index is 2.16. The minimum Gasteiger partial charge on any atom is -0.492 e. The molecule has 0 saturated heterocycles. The summed E-state index contributed by atoms with van der Waals surface area (Å²) in [5.41, 5.74) is 2.10. The van der Waals surface area contributed by atoms with E-state index in [2.05, 4.69) is 44.4 Å². The van der Waals surface area contributed by atoms with Crippen LogP contribution in [0.4, 0.5) is 0 Å². The molecule has 0 aliphatic heterocycles. The summed E-state index contributed by atoms with van der Waals surface area (Å²) in [5.74, 6) is 0.386. The van der Waals surface area contributed by atoms with Crippen molar-refractivity contribution in [2.24, 2.45) is 11.8 Å². The van der Waals surface area contributed by atoms with Crippen molar-refractivity contribution in [3.8, 4) is 16.9 Å². The van der Waals surface area contributed by atoms with Crippen molar-refractivity contribution >= 4 is 5.97 Å². The first kappa shape index (κ1) is 27.9. The number of carboxylic acids is 1. The Labute approximate surface area is 206 Å². The topological polar surface area (TPSA) is 53.0 Å². The zero-order chi connectivity index (χ0) is 24.9. The molecule has 5 heteroatoms. The lowest BCUT2D eigenvalue weighted by atomic mass is 9.88. The minimum absolute atomic E-state index is 0.221. The van der Waals surface area contributed by atoms with E-state index in [9.17, 15) is 9.90 Å². The number of nitrogens with zero attached hydrogens (tertiary/aromatic N) is 2. The van der Waals surface area contributed by atoms with Crippen molar-refractivity contribution in [3.63, 3.8) is 0 Å². The maximum atomic E-state index is 12.0. The molecule has 1 N–H and O–H groups in total. The second kappa shape index (κ2) is 14.8. The number of carboxylic acid groups (broad SMARTS) is 1. The Morgan fingerprint density at radius 3 is 2.00 bits per heavy atom. The van der Waals surface area contributed by atoms with Crippen LogP contribution in [-0.4, -0.2) is 66.8 Å². The van der Waals surface area contributed by atoms with Crippen molar-refractivity contribution in [1.29, 1.82) is 0 Å². The van der Waals surface area contributed by atoms with Gasteiger partial charge in [-0.1, -0.05) is 83.9 Å². The number of hydrogen-bond donors (Lipinski definition) is 1. The number of hydrogen-bond acceptors (Lipinski definition) is 4. The van der Waals surface area contributed by atoms with Crippen LogP contribution < -0.4 is 4.74 Å². The van der Waals surface area contributed by atoms with Crippen LogP contribution in [0.25, 0.3) is 11.1 Å². The van der Waals surface area contributed by atoms with Crippen molar-refractivity contribution in [2.45, 2.75) is 47.5 Å². The molecule has 0 saturated carbocycles. The summed E-state index contributed by atoms with van der Waals surface area (Å²) in [5, 5.41) is 9.86. The SMILES string of the molecule is CCC(CC)[C@@H](COc1ccc(-c2ccccc2)cc1C(=O)O)CN(CC)CCN(CC)CC. The van der Waals surface area contributed by atoms with Crippen LogP contribution in [0.3, 0.4) is 0 Å². The van der Waals surface area contributed by atoms with Crippen LogP contribution in [0, 0.1) is 11.8 Å². The van der Waals surface area contributed by atoms with E-state index >= 15 is 0 Å². The van der Waals surface area contributed by atoms with Gasteiger partial charge in [-0.3, -0.25) is 0 Å². The zero-order valence-electron chi connectivity index (χ0n) is 21.8. The third-order valence-electron chi connectivity index (χ3n) is 7.05. The largest absolute Gasteiger partial charge is 0.492 e. The smallest absolute Gasteiger partial charge is 0.339 e. The Hall–Kier alpha value is -2.37. The molecule has 34 heavy (non-hydrogen) atoms. The van der Waals surface area contributed by atoms with E-state index in [1.54, 1.807) is 6.07 Å². The molecular formula is C29H44N2O3. The first-order valence-corrected chi connectivity index (χ1v) is 13.0. The number of rotatable bonds is 16. The molecule has 0 heterocycles. The average molecular weight is 469 g/mol. The lowest BCUT2D eigenvalue weighted by Gasteiger charge is -2.32. The van der Waals surface area contributed by atoms with Gasteiger partial charge in [0.25, 0.3) is 0 Å². The second-order valence-electron chi connectivity index (χ2n) is 8.95. The highest BCUT2D eigenvalue weighted by atomic mass is 16.5. The van der Waals surface area contributed by atoms with Gasteiger partial charge in [-0.2, -0.15) is 0 Å². The van der Waals surface area contributed by atoms with Crippen molar-refractivity contribution < 1.29 is 14.6 Å². The Kier molecular flexibility index (Phi) is 12.1. The molecule has 0 amide bonds. The fourth-order valence-corrected chi connectivity index (χ4v) is 4.66. The maximum Gasteiger partial charge on any atom is 0.339 e. The van der Waals surface area contributed by atoms with Crippen LogP contribution in [-0.2, 0) is 0 Å². The summed E-state index contributed by atoms with van der Waals surface area (Å²) in [6.45, 7) is 17.9. The van der Waals surface area contributed by atoms with E-state index in [4.69, 9.17) is 4.74 Å². The van der Waals surface area contributed by atoms with Crippen LogP contribution >= 0.6 is 0 Å². The summed E-state index contributed by atoms with van der Waals surface area (Å²) in [6, 6.07) is 15.3. The molecular weight excluding hydrogens is 424 g/mol. The third-order valence-corrected chi connectivity index (χ3v) is 7.05. The van der Waals surface area contributed by atoms with Gasteiger partial charge < -0.3 is 19.6 Å². The average Bonchev–Trinajstić information content (AvgIpc) is 2.87. The van der Waals surface area contributed by atoms with Gasteiger partial charge in [-0.05, 0) is 48.8 Å². The molecule has 0 fully saturated rings. The standard InChI is InChI=1S/C29H44N2O3/c1-6-23(7-2)26(21-31(10-5)19-18-30(8-3)9-4)22-34-28-17-16-25(20-27(28)29(32)33)24-14-12-11-13-15-24/h11-17,20,23,26H,6-10,18-19,21-22H2,1-5H3,(H,32,33)/t26-/m1/s1. The summed E-state index contributed by atoms with van der Waals surface area (Å²) >= 11 is 0. The van der Waals surface area contributed by atoms with Crippen molar-refractivity contribution in [2.75, 3.05) is 45.9 Å². The first-order chi connectivity index (χ1) is 16.5. The van der Waals surface area contributed by atoms with Gasteiger partial charge in [0.05, 0.1) is 6.61 Å². The van der Waals surface area contributed by atoms with Crippen LogP contribution in [0.15, 0.2) is 48.5 Å². The molecule has 188 valence electrons. The fourth-order valence-electron chi connectivity index (χ4n) is 4.66. The van der Waals surface area contributed by atoms with E-state index in [0.717, 1.165) is 63.2 Å². The lowest BCUT2D eigenvalue weighted by molar-refractivity contribution is 0.0688. The molecule has 0 aliphatic carbocycles. The molecule has 0 bridgehead atoms.